The molecule has 2 atom stereocenters. The van der Waals surface area contributed by atoms with Gasteiger partial charge in [0.15, 0.2) is 5.60 Å². The molecule has 35 heavy (non-hydrogen) atoms. The Balaban J connectivity index is 1.95. The number of methoxy groups -OCH3 is 1. The van der Waals surface area contributed by atoms with Gasteiger partial charge < -0.3 is 28.8 Å². The average Bonchev–Trinajstić information content (AvgIpc) is 3.19. The Morgan fingerprint density at radius 3 is 2.34 bits per heavy atom. The minimum Gasteiger partial charge on any atom is -0.480 e. The fourth-order valence-corrected chi connectivity index (χ4v) is 5.04. The quantitative estimate of drug-likeness (QED) is 0.586. The average molecular weight is 506 g/mol. The molecule has 10 heteroatoms. The molecule has 1 N–H and O–H groups in total. The third kappa shape index (κ3) is 4.18. The maximum Gasteiger partial charge on any atom is 0.496 e. The van der Waals surface area contributed by atoms with E-state index in [9.17, 15) is 9.90 Å². The number of rotatable bonds is 6. The van der Waals surface area contributed by atoms with E-state index in [0.717, 1.165) is 10.5 Å². The third-order valence-corrected chi connectivity index (χ3v) is 7.73. The Bertz CT molecular complexity index is 1110. The van der Waals surface area contributed by atoms with Crippen molar-refractivity contribution in [1.82, 2.24) is 4.90 Å². The van der Waals surface area contributed by atoms with Gasteiger partial charge in [0.05, 0.1) is 35.3 Å². The van der Waals surface area contributed by atoms with Gasteiger partial charge in [0.25, 0.3) is 0 Å². The van der Waals surface area contributed by atoms with Gasteiger partial charge in [0, 0.05) is 31.3 Å². The van der Waals surface area contributed by atoms with Crippen LogP contribution in [-0.4, -0.2) is 61.7 Å². The van der Waals surface area contributed by atoms with Crippen molar-refractivity contribution in [3.05, 3.63) is 58.4 Å². The van der Waals surface area contributed by atoms with Crippen molar-refractivity contribution in [2.24, 2.45) is 0 Å². The summed E-state index contributed by atoms with van der Waals surface area (Å²) in [5, 5.41) is 9.56. The first kappa shape index (κ1) is 25.8. The van der Waals surface area contributed by atoms with Crippen LogP contribution in [0.1, 0.15) is 44.7 Å². The monoisotopic (exact) mass is 505 g/mol. The summed E-state index contributed by atoms with van der Waals surface area (Å²) in [6.45, 7) is 7.74. The third-order valence-electron chi connectivity index (χ3n) is 7.35. The molecule has 0 aromatic heterocycles. The molecule has 2 aliphatic heterocycles. The van der Waals surface area contributed by atoms with Crippen LogP contribution < -0.4 is 10.2 Å². The highest BCUT2D eigenvalue weighted by atomic mass is 35.5. The maximum atomic E-state index is 15.2. The summed E-state index contributed by atoms with van der Waals surface area (Å²) >= 11 is 6.57. The first-order chi connectivity index (χ1) is 16.3. The Labute approximate surface area is 210 Å². The molecule has 0 unspecified atom stereocenters. The Kier molecular flexibility index (Phi) is 6.59. The summed E-state index contributed by atoms with van der Waals surface area (Å²) in [6.07, 6.45) is -1.12. The number of ether oxygens (including phenoxy) is 2. The number of benzene rings is 2. The SMILES string of the molecule is COC[C@H]1c2c(cc(F)c(Cl)c2B2OC(C)(C)C(C)(C)O2)O[C@]1(CN(C)C(=O)O)c1ccccc1. The molecule has 0 spiro atoms. The van der Waals surface area contributed by atoms with Gasteiger partial charge >= 0.3 is 13.2 Å². The maximum absolute atomic E-state index is 15.2. The standard InChI is InChI=1S/C25H30BClFNO6/c1-23(2)24(3,4)35-26(34-23)20-19-16(13-32-6)25(14-29(5)22(30)31,15-10-8-7-9-11-15)33-18(19)12-17(28)21(20)27/h7-12,16H,13-14H2,1-6H3,(H,30,31)/t16-,25+/m0/s1. The van der Waals surface area contributed by atoms with E-state index >= 15 is 4.39 Å². The molecule has 2 aromatic carbocycles. The Hall–Kier alpha value is -2.33. The predicted octanol–water partition coefficient (Wildman–Crippen LogP) is 4.41. The molecule has 7 nitrogen and oxygen atoms in total. The van der Waals surface area contributed by atoms with Crippen LogP contribution in [0.3, 0.4) is 0 Å². The van der Waals surface area contributed by atoms with Gasteiger partial charge in [-0.05, 0) is 33.3 Å². The first-order valence-electron chi connectivity index (χ1n) is 11.4. The van der Waals surface area contributed by atoms with Crippen molar-refractivity contribution in [2.45, 2.75) is 50.4 Å². The normalized spacial score (nSPS) is 24.2. The molecule has 0 aliphatic carbocycles. The van der Waals surface area contributed by atoms with Crippen LogP contribution in [0, 0.1) is 5.82 Å². The number of hydrogen-bond acceptors (Lipinski definition) is 5. The number of hydrogen-bond donors (Lipinski definition) is 1. The van der Waals surface area contributed by atoms with Crippen molar-refractivity contribution < 1.29 is 33.1 Å². The molecular weight excluding hydrogens is 476 g/mol. The molecule has 4 rings (SSSR count). The molecule has 1 fully saturated rings. The van der Waals surface area contributed by atoms with Crippen molar-refractivity contribution in [2.75, 3.05) is 27.3 Å². The molecule has 2 aliphatic rings. The zero-order chi connectivity index (χ0) is 25.8. The number of nitrogens with zero attached hydrogens (tertiary/aromatic N) is 1. The highest BCUT2D eigenvalue weighted by molar-refractivity contribution is 6.66. The highest BCUT2D eigenvalue weighted by Crippen LogP contribution is 2.52. The molecule has 188 valence electrons. The number of carbonyl (C=O) groups is 1. The number of amides is 1. The van der Waals surface area contributed by atoms with Gasteiger partial charge in [-0.2, -0.15) is 0 Å². The fraction of sp³-hybridized carbons (Fsp3) is 0.480. The summed E-state index contributed by atoms with van der Waals surface area (Å²) in [7, 11) is 2.06. The van der Waals surface area contributed by atoms with E-state index < -0.39 is 41.7 Å². The molecule has 2 aromatic rings. The lowest BCUT2D eigenvalue weighted by Gasteiger charge is -2.37. The second kappa shape index (κ2) is 8.96. The lowest BCUT2D eigenvalue weighted by Crippen LogP contribution is -2.49. The molecule has 0 radical (unpaired) electrons. The van der Waals surface area contributed by atoms with E-state index in [1.54, 1.807) is 7.11 Å². The summed E-state index contributed by atoms with van der Waals surface area (Å²) in [5.41, 5.74) is -0.935. The number of fused-ring (bicyclic) bond motifs is 1. The summed E-state index contributed by atoms with van der Waals surface area (Å²) in [6, 6.07) is 10.5. The molecule has 1 saturated heterocycles. The van der Waals surface area contributed by atoms with Gasteiger partial charge in [-0.3, -0.25) is 0 Å². The van der Waals surface area contributed by atoms with E-state index in [0.29, 0.717) is 11.0 Å². The van der Waals surface area contributed by atoms with Crippen molar-refractivity contribution in [3.63, 3.8) is 0 Å². The predicted molar refractivity (Wildman–Crippen MR) is 131 cm³/mol. The van der Waals surface area contributed by atoms with Crippen LogP contribution in [0.15, 0.2) is 36.4 Å². The molecule has 1 amide bonds. The second-order valence-corrected chi connectivity index (χ2v) is 10.5. The van der Waals surface area contributed by atoms with E-state index in [2.05, 4.69) is 0 Å². The van der Waals surface area contributed by atoms with Crippen molar-refractivity contribution in [3.8, 4) is 5.75 Å². The topological polar surface area (TPSA) is 77.5 Å². The molecule has 0 bridgehead atoms. The molecule has 0 saturated carbocycles. The highest BCUT2D eigenvalue weighted by Gasteiger charge is 2.58. The van der Waals surface area contributed by atoms with Crippen LogP contribution in [0.4, 0.5) is 9.18 Å². The van der Waals surface area contributed by atoms with Crippen molar-refractivity contribution in [1.29, 1.82) is 0 Å². The smallest absolute Gasteiger partial charge is 0.480 e. The van der Waals surface area contributed by atoms with Crippen LogP contribution >= 0.6 is 11.6 Å². The summed E-state index contributed by atoms with van der Waals surface area (Å²) in [5.74, 6) is -0.970. The van der Waals surface area contributed by atoms with Crippen LogP contribution in [0.5, 0.6) is 5.75 Å². The zero-order valence-corrected chi connectivity index (χ0v) is 21.5. The fourth-order valence-electron chi connectivity index (χ4n) is 4.79. The minimum atomic E-state index is -1.21. The zero-order valence-electron chi connectivity index (χ0n) is 20.7. The van der Waals surface area contributed by atoms with Crippen LogP contribution in [0.25, 0.3) is 0 Å². The van der Waals surface area contributed by atoms with Crippen LogP contribution in [-0.2, 0) is 19.6 Å². The number of halogens is 2. The Morgan fingerprint density at radius 1 is 1.20 bits per heavy atom. The van der Waals surface area contributed by atoms with Gasteiger partial charge in [0.1, 0.15) is 11.6 Å². The molecule has 2 heterocycles. The number of carboxylic acid groups (broad SMARTS) is 1. The van der Waals surface area contributed by atoms with E-state index in [4.69, 9.17) is 30.4 Å². The van der Waals surface area contributed by atoms with E-state index in [1.807, 2.05) is 58.0 Å². The van der Waals surface area contributed by atoms with Gasteiger partial charge in [-0.1, -0.05) is 41.9 Å². The number of likely N-dealkylation sites (N-methyl/N-ethyl adjacent to an activating group) is 1. The van der Waals surface area contributed by atoms with Crippen molar-refractivity contribution >= 4 is 30.3 Å². The summed E-state index contributed by atoms with van der Waals surface area (Å²) < 4.78 is 39.8. The largest absolute Gasteiger partial charge is 0.496 e. The lowest BCUT2D eigenvalue weighted by molar-refractivity contribution is 0.00578. The van der Waals surface area contributed by atoms with Crippen LogP contribution in [0.2, 0.25) is 5.02 Å². The lowest BCUT2D eigenvalue weighted by atomic mass is 9.69. The van der Waals surface area contributed by atoms with E-state index in [-0.39, 0.29) is 23.9 Å². The summed E-state index contributed by atoms with van der Waals surface area (Å²) in [4.78, 5) is 13.0. The Morgan fingerprint density at radius 2 is 1.80 bits per heavy atom. The van der Waals surface area contributed by atoms with Gasteiger partial charge in [-0.25, -0.2) is 9.18 Å². The van der Waals surface area contributed by atoms with Gasteiger partial charge in [-0.15, -0.1) is 0 Å². The van der Waals surface area contributed by atoms with Gasteiger partial charge in [0.2, 0.25) is 0 Å². The first-order valence-corrected chi connectivity index (χ1v) is 11.8. The minimum absolute atomic E-state index is 0.0307. The second-order valence-electron chi connectivity index (χ2n) is 10.1. The van der Waals surface area contributed by atoms with E-state index in [1.165, 1.54) is 13.1 Å². The molecular formula is C25H30BClFNO6.